The van der Waals surface area contributed by atoms with Gasteiger partial charge in [0.1, 0.15) is 11.5 Å². The number of carbonyl (C=O) groups is 1. The number of aromatic carboxylic acids is 1. The summed E-state index contributed by atoms with van der Waals surface area (Å²) >= 11 is 0. The van der Waals surface area contributed by atoms with E-state index in [1.54, 1.807) is 22.9 Å². The van der Waals surface area contributed by atoms with Gasteiger partial charge in [-0.3, -0.25) is 4.40 Å². The van der Waals surface area contributed by atoms with Crippen LogP contribution in [-0.4, -0.2) is 51.7 Å². The van der Waals surface area contributed by atoms with E-state index >= 15 is 0 Å². The second-order valence-electron chi connectivity index (χ2n) is 7.23. The molecule has 4 heterocycles. The number of hydrogen-bond donors (Lipinski definition) is 2. The van der Waals surface area contributed by atoms with Gasteiger partial charge >= 0.3 is 5.97 Å². The highest BCUT2D eigenvalue weighted by molar-refractivity contribution is 5.96. The van der Waals surface area contributed by atoms with Gasteiger partial charge < -0.3 is 20.1 Å². The molecule has 1 fully saturated rings. The Hall–Kier alpha value is -3.91. The molecule has 0 spiro atoms. The van der Waals surface area contributed by atoms with Crippen LogP contribution in [-0.2, 0) is 4.74 Å². The highest BCUT2D eigenvalue weighted by Crippen LogP contribution is 2.29. The smallest absolute Gasteiger partial charge is 0.355 e. The number of aromatic nitrogens is 3. The third-order valence-electron chi connectivity index (χ3n) is 5.26. The Balaban J connectivity index is 1.50. The maximum atomic E-state index is 12.0. The third kappa shape index (κ3) is 3.69. The Bertz CT molecular complexity index is 1220. The molecule has 0 aliphatic carbocycles. The number of carboxylic acids is 1. The van der Waals surface area contributed by atoms with Crippen LogP contribution in [0, 0.1) is 0 Å². The second kappa shape index (κ2) is 8.08. The van der Waals surface area contributed by atoms with Crippen molar-refractivity contribution in [1.82, 2.24) is 14.4 Å². The Labute approximate surface area is 178 Å². The third-order valence-corrected chi connectivity index (χ3v) is 5.26. The van der Waals surface area contributed by atoms with Gasteiger partial charge in [-0.15, -0.1) is 0 Å². The minimum atomic E-state index is -1.03. The molecule has 0 unspecified atom stereocenters. The minimum Gasteiger partial charge on any atom is -0.476 e. The predicted octanol–water partition coefficient (Wildman–Crippen LogP) is 3.67. The number of rotatable bonds is 5. The Morgan fingerprint density at radius 1 is 1.03 bits per heavy atom. The standard InChI is InChI=1S/C23H21N5O3/c29-23(30)21-20(16-5-2-1-3-6-16)26-22-18(7-4-10-28(21)22)25-17-8-9-19(24-15-17)27-11-13-31-14-12-27/h1-10,15,25H,11-14H2,(H,29,30). The molecule has 5 rings (SSSR count). The molecule has 31 heavy (non-hydrogen) atoms. The van der Waals surface area contributed by atoms with Gasteiger partial charge in [0, 0.05) is 24.8 Å². The van der Waals surface area contributed by atoms with Gasteiger partial charge in [-0.05, 0) is 24.3 Å². The molecule has 0 bridgehead atoms. The lowest BCUT2D eigenvalue weighted by Crippen LogP contribution is -2.36. The quantitative estimate of drug-likeness (QED) is 0.514. The Morgan fingerprint density at radius 2 is 1.84 bits per heavy atom. The minimum absolute atomic E-state index is 0.130. The van der Waals surface area contributed by atoms with Gasteiger partial charge in [0.2, 0.25) is 0 Å². The number of nitrogens with zero attached hydrogens (tertiary/aromatic N) is 4. The van der Waals surface area contributed by atoms with Crippen LogP contribution < -0.4 is 10.2 Å². The van der Waals surface area contributed by atoms with Crippen molar-refractivity contribution in [3.8, 4) is 11.3 Å². The van der Waals surface area contributed by atoms with Gasteiger partial charge in [0.05, 0.1) is 30.8 Å². The summed E-state index contributed by atoms with van der Waals surface area (Å²) in [5, 5.41) is 13.2. The first kappa shape index (κ1) is 19.1. The van der Waals surface area contributed by atoms with Crippen molar-refractivity contribution in [2.24, 2.45) is 0 Å². The molecule has 3 aromatic heterocycles. The normalized spacial score (nSPS) is 14.0. The van der Waals surface area contributed by atoms with Gasteiger partial charge in [-0.25, -0.2) is 14.8 Å². The van der Waals surface area contributed by atoms with Crippen LogP contribution in [0.2, 0.25) is 0 Å². The van der Waals surface area contributed by atoms with Crippen molar-refractivity contribution in [3.05, 3.63) is 72.7 Å². The molecular weight excluding hydrogens is 394 g/mol. The molecule has 156 valence electrons. The molecule has 8 nitrogen and oxygen atoms in total. The highest BCUT2D eigenvalue weighted by Gasteiger charge is 2.21. The summed E-state index contributed by atoms with van der Waals surface area (Å²) in [7, 11) is 0. The molecular formula is C23H21N5O3. The number of nitrogens with one attached hydrogen (secondary N) is 1. The summed E-state index contributed by atoms with van der Waals surface area (Å²) < 4.78 is 6.99. The SMILES string of the molecule is O=C(O)c1c(-c2ccccc2)nc2c(Nc3ccc(N4CCOCC4)nc3)cccn12. The molecule has 1 aliphatic heterocycles. The van der Waals surface area contributed by atoms with Crippen LogP contribution >= 0.6 is 0 Å². The fourth-order valence-electron chi connectivity index (χ4n) is 3.76. The fourth-order valence-corrected chi connectivity index (χ4v) is 3.76. The van der Waals surface area contributed by atoms with E-state index in [4.69, 9.17) is 4.74 Å². The van der Waals surface area contributed by atoms with Crippen molar-refractivity contribution >= 4 is 28.8 Å². The summed E-state index contributed by atoms with van der Waals surface area (Å²) in [6, 6.07) is 16.9. The molecule has 1 aliphatic rings. The van der Waals surface area contributed by atoms with E-state index in [1.807, 2.05) is 48.5 Å². The lowest BCUT2D eigenvalue weighted by molar-refractivity contribution is 0.0690. The number of imidazole rings is 1. The number of ether oxygens (including phenoxy) is 1. The first-order chi connectivity index (χ1) is 15.2. The summed E-state index contributed by atoms with van der Waals surface area (Å²) in [4.78, 5) is 23.4. The van der Waals surface area contributed by atoms with Crippen LogP contribution in [0.15, 0.2) is 67.0 Å². The molecule has 4 aromatic rings. The average Bonchev–Trinajstić information content (AvgIpc) is 3.22. The number of benzene rings is 1. The first-order valence-electron chi connectivity index (χ1n) is 10.1. The maximum absolute atomic E-state index is 12.0. The maximum Gasteiger partial charge on any atom is 0.355 e. The van der Waals surface area contributed by atoms with Crippen LogP contribution in [0.4, 0.5) is 17.2 Å². The van der Waals surface area contributed by atoms with Crippen LogP contribution in [0.25, 0.3) is 16.9 Å². The lowest BCUT2D eigenvalue weighted by Gasteiger charge is -2.27. The average molecular weight is 415 g/mol. The van der Waals surface area contributed by atoms with E-state index in [0.29, 0.717) is 30.2 Å². The molecule has 1 aromatic carbocycles. The molecule has 0 saturated carbocycles. The van der Waals surface area contributed by atoms with E-state index < -0.39 is 5.97 Å². The number of hydrogen-bond acceptors (Lipinski definition) is 6. The van der Waals surface area contributed by atoms with Crippen LogP contribution in [0.5, 0.6) is 0 Å². The summed E-state index contributed by atoms with van der Waals surface area (Å²) in [6.45, 7) is 3.07. The zero-order valence-electron chi connectivity index (χ0n) is 16.7. The van der Waals surface area contributed by atoms with E-state index in [2.05, 4.69) is 20.2 Å². The molecule has 0 radical (unpaired) electrons. The zero-order valence-corrected chi connectivity index (χ0v) is 16.7. The van der Waals surface area contributed by atoms with Crippen molar-refractivity contribution in [1.29, 1.82) is 0 Å². The summed E-state index contributed by atoms with van der Waals surface area (Å²) in [5.74, 6) is -0.118. The summed E-state index contributed by atoms with van der Waals surface area (Å²) in [6.07, 6.45) is 3.48. The van der Waals surface area contributed by atoms with Gasteiger partial charge in [-0.1, -0.05) is 30.3 Å². The zero-order chi connectivity index (χ0) is 21.2. The lowest BCUT2D eigenvalue weighted by atomic mass is 10.1. The van der Waals surface area contributed by atoms with Gasteiger partial charge in [-0.2, -0.15) is 0 Å². The summed E-state index contributed by atoms with van der Waals surface area (Å²) in [5.41, 5.74) is 3.36. The Morgan fingerprint density at radius 3 is 2.55 bits per heavy atom. The van der Waals surface area contributed by atoms with Crippen LogP contribution in [0.1, 0.15) is 10.5 Å². The van der Waals surface area contributed by atoms with Gasteiger partial charge in [0.25, 0.3) is 0 Å². The number of carboxylic acid groups (broad SMARTS) is 1. The van der Waals surface area contributed by atoms with Crippen molar-refractivity contribution in [3.63, 3.8) is 0 Å². The van der Waals surface area contributed by atoms with E-state index in [0.717, 1.165) is 30.2 Å². The number of fused-ring (bicyclic) bond motifs is 1. The van der Waals surface area contributed by atoms with E-state index in [9.17, 15) is 9.90 Å². The monoisotopic (exact) mass is 415 g/mol. The number of anilines is 3. The number of morpholine rings is 1. The highest BCUT2D eigenvalue weighted by atomic mass is 16.5. The fraction of sp³-hybridized carbons (Fsp3) is 0.174. The number of pyridine rings is 2. The largest absolute Gasteiger partial charge is 0.476 e. The second-order valence-corrected chi connectivity index (χ2v) is 7.23. The predicted molar refractivity (Wildman–Crippen MR) is 118 cm³/mol. The van der Waals surface area contributed by atoms with Gasteiger partial charge in [0.15, 0.2) is 11.3 Å². The van der Waals surface area contributed by atoms with E-state index in [1.165, 1.54) is 0 Å². The molecule has 2 N–H and O–H groups in total. The Kier molecular flexibility index (Phi) is 4.97. The molecule has 0 amide bonds. The topological polar surface area (TPSA) is 92.0 Å². The molecule has 8 heteroatoms. The van der Waals surface area contributed by atoms with Crippen LogP contribution in [0.3, 0.4) is 0 Å². The molecule has 1 saturated heterocycles. The molecule has 0 atom stereocenters. The first-order valence-corrected chi connectivity index (χ1v) is 10.1. The van der Waals surface area contributed by atoms with Crippen molar-refractivity contribution in [2.45, 2.75) is 0 Å². The van der Waals surface area contributed by atoms with Crippen molar-refractivity contribution < 1.29 is 14.6 Å². The van der Waals surface area contributed by atoms with Crippen molar-refractivity contribution in [2.75, 3.05) is 36.5 Å². The van der Waals surface area contributed by atoms with E-state index in [-0.39, 0.29) is 5.69 Å².